The smallest absolute Gasteiger partial charge is 0.264 e. The number of rotatable bonds is 4. The largest absolute Gasteiger partial charge is 0.338 e. The number of hydrogen-bond donors (Lipinski definition) is 0. The van der Waals surface area contributed by atoms with Crippen LogP contribution in [0.4, 0.5) is 10.1 Å². The zero-order valence-electron chi connectivity index (χ0n) is 15.4. The molecule has 1 saturated heterocycles. The maximum atomic E-state index is 14.0. The lowest BCUT2D eigenvalue weighted by molar-refractivity contribution is 0.0683. The summed E-state index contributed by atoms with van der Waals surface area (Å²) >= 11 is 0. The molecule has 144 valence electrons. The highest BCUT2D eigenvalue weighted by atomic mass is 32.2. The van der Waals surface area contributed by atoms with Gasteiger partial charge in [-0.25, -0.2) is 12.8 Å². The molecule has 0 radical (unpaired) electrons. The van der Waals surface area contributed by atoms with Crippen molar-refractivity contribution in [3.63, 3.8) is 0 Å². The Morgan fingerprint density at radius 1 is 1.19 bits per heavy atom. The molecule has 0 N–H and O–H groups in total. The molecule has 0 aliphatic carbocycles. The van der Waals surface area contributed by atoms with Crippen LogP contribution in [0, 0.1) is 11.7 Å². The Hall–Kier alpha value is -2.41. The van der Waals surface area contributed by atoms with E-state index in [-0.39, 0.29) is 16.5 Å². The van der Waals surface area contributed by atoms with Crippen molar-refractivity contribution in [3.05, 3.63) is 59.9 Å². The van der Waals surface area contributed by atoms with Gasteiger partial charge in [-0.15, -0.1) is 0 Å². The third-order valence-corrected chi connectivity index (χ3v) is 6.64. The van der Waals surface area contributed by atoms with Crippen LogP contribution in [0.2, 0.25) is 0 Å². The predicted octanol–water partition coefficient (Wildman–Crippen LogP) is 3.52. The van der Waals surface area contributed by atoms with Crippen molar-refractivity contribution in [3.8, 4) is 0 Å². The van der Waals surface area contributed by atoms with Gasteiger partial charge in [0.25, 0.3) is 15.9 Å². The van der Waals surface area contributed by atoms with Gasteiger partial charge in [-0.3, -0.25) is 9.10 Å². The molecule has 1 aliphatic heterocycles. The monoisotopic (exact) mass is 390 g/mol. The molecule has 27 heavy (non-hydrogen) atoms. The van der Waals surface area contributed by atoms with Crippen LogP contribution >= 0.6 is 0 Å². The number of piperidine rings is 1. The molecule has 1 amide bonds. The van der Waals surface area contributed by atoms with Crippen LogP contribution < -0.4 is 4.31 Å². The van der Waals surface area contributed by atoms with Gasteiger partial charge in [0.15, 0.2) is 0 Å². The number of para-hydroxylation sites is 1. The van der Waals surface area contributed by atoms with E-state index in [0.717, 1.165) is 17.1 Å². The van der Waals surface area contributed by atoms with E-state index < -0.39 is 15.8 Å². The van der Waals surface area contributed by atoms with E-state index in [2.05, 4.69) is 6.92 Å². The average Bonchev–Trinajstić information content (AvgIpc) is 2.67. The van der Waals surface area contributed by atoms with E-state index in [1.165, 1.54) is 37.4 Å². The van der Waals surface area contributed by atoms with Gasteiger partial charge >= 0.3 is 0 Å². The second-order valence-electron chi connectivity index (χ2n) is 6.95. The van der Waals surface area contributed by atoms with Crippen molar-refractivity contribution in [1.82, 2.24) is 4.90 Å². The summed E-state index contributed by atoms with van der Waals surface area (Å²) in [5, 5.41) is 0. The Bertz CT molecular complexity index is 946. The third kappa shape index (κ3) is 3.98. The minimum Gasteiger partial charge on any atom is -0.338 e. The Morgan fingerprint density at radius 3 is 2.63 bits per heavy atom. The highest BCUT2D eigenvalue weighted by molar-refractivity contribution is 7.92. The van der Waals surface area contributed by atoms with Gasteiger partial charge in [0.05, 0.1) is 10.6 Å². The molecule has 0 aromatic heterocycles. The number of nitrogens with zero attached hydrogens (tertiary/aromatic N) is 2. The number of anilines is 1. The Balaban J connectivity index is 1.90. The second kappa shape index (κ2) is 7.68. The van der Waals surface area contributed by atoms with Crippen molar-refractivity contribution in [2.24, 2.45) is 5.92 Å². The topological polar surface area (TPSA) is 57.7 Å². The van der Waals surface area contributed by atoms with Gasteiger partial charge in [0.1, 0.15) is 5.82 Å². The summed E-state index contributed by atoms with van der Waals surface area (Å²) in [5.41, 5.74) is 0.284. The molecule has 7 heteroatoms. The number of benzene rings is 2. The number of carbonyl (C=O) groups excluding carboxylic acids is 1. The lowest BCUT2D eigenvalue weighted by atomic mass is 9.99. The molecule has 1 atom stereocenters. The van der Waals surface area contributed by atoms with Crippen molar-refractivity contribution in [2.45, 2.75) is 24.7 Å². The lowest BCUT2D eigenvalue weighted by Crippen LogP contribution is -2.39. The van der Waals surface area contributed by atoms with E-state index >= 15 is 0 Å². The molecule has 5 nitrogen and oxygen atoms in total. The van der Waals surface area contributed by atoms with E-state index in [1.807, 2.05) is 0 Å². The number of amides is 1. The van der Waals surface area contributed by atoms with E-state index in [4.69, 9.17) is 0 Å². The number of hydrogen-bond acceptors (Lipinski definition) is 3. The highest BCUT2D eigenvalue weighted by Gasteiger charge is 2.26. The molecule has 3 rings (SSSR count). The van der Waals surface area contributed by atoms with Crippen molar-refractivity contribution in [1.29, 1.82) is 0 Å². The zero-order chi connectivity index (χ0) is 19.6. The van der Waals surface area contributed by atoms with Crippen molar-refractivity contribution < 1.29 is 17.6 Å². The van der Waals surface area contributed by atoms with E-state index in [9.17, 15) is 17.6 Å². The Kier molecular flexibility index (Phi) is 5.51. The summed E-state index contributed by atoms with van der Waals surface area (Å²) < 4.78 is 40.7. The lowest BCUT2D eigenvalue weighted by Gasteiger charge is -2.31. The van der Waals surface area contributed by atoms with Gasteiger partial charge in [-0.05, 0) is 49.1 Å². The first-order valence-electron chi connectivity index (χ1n) is 8.93. The van der Waals surface area contributed by atoms with Gasteiger partial charge in [0.2, 0.25) is 0 Å². The minimum absolute atomic E-state index is 0.0378. The molecular formula is C20H23FN2O3S. The fraction of sp³-hybridized carbons (Fsp3) is 0.350. The predicted molar refractivity (Wildman–Crippen MR) is 103 cm³/mol. The quantitative estimate of drug-likeness (QED) is 0.803. The number of likely N-dealkylation sites (tertiary alicyclic amines) is 1. The molecule has 1 fully saturated rings. The first-order chi connectivity index (χ1) is 12.8. The summed E-state index contributed by atoms with van der Waals surface area (Å²) in [4.78, 5) is 14.5. The number of carbonyl (C=O) groups is 1. The van der Waals surface area contributed by atoms with Gasteiger partial charge in [-0.1, -0.05) is 25.1 Å². The molecule has 1 aliphatic rings. The van der Waals surface area contributed by atoms with Crippen LogP contribution in [0.5, 0.6) is 0 Å². The number of sulfonamides is 1. The fourth-order valence-corrected chi connectivity index (χ4v) is 4.59. The van der Waals surface area contributed by atoms with Crippen molar-refractivity contribution in [2.75, 3.05) is 24.4 Å². The van der Waals surface area contributed by atoms with Crippen LogP contribution in [-0.4, -0.2) is 39.4 Å². The highest BCUT2D eigenvalue weighted by Crippen LogP contribution is 2.26. The Labute approximate surface area is 159 Å². The summed E-state index contributed by atoms with van der Waals surface area (Å²) in [5.74, 6) is -0.368. The summed E-state index contributed by atoms with van der Waals surface area (Å²) in [6.45, 7) is 3.45. The van der Waals surface area contributed by atoms with Crippen LogP contribution in [0.15, 0.2) is 53.4 Å². The molecule has 0 spiro atoms. The van der Waals surface area contributed by atoms with Crippen LogP contribution in [0.3, 0.4) is 0 Å². The van der Waals surface area contributed by atoms with Gasteiger partial charge in [0, 0.05) is 25.7 Å². The van der Waals surface area contributed by atoms with E-state index in [1.54, 1.807) is 23.1 Å². The first kappa shape index (κ1) is 19.4. The van der Waals surface area contributed by atoms with Crippen LogP contribution in [-0.2, 0) is 10.0 Å². The third-order valence-electron chi connectivity index (χ3n) is 4.88. The SMILES string of the molecule is C[C@H]1CCCN(C(=O)c2cccc(S(=O)(=O)N(C)c3ccccc3F)c2)C1. The summed E-state index contributed by atoms with van der Waals surface area (Å²) in [6, 6.07) is 11.6. The normalized spacial score (nSPS) is 17.6. The first-order valence-corrected chi connectivity index (χ1v) is 10.4. The maximum Gasteiger partial charge on any atom is 0.264 e. The number of halogens is 1. The molecular weight excluding hydrogens is 367 g/mol. The summed E-state index contributed by atoms with van der Waals surface area (Å²) in [7, 11) is -2.69. The standard InChI is InChI=1S/C20H23FN2O3S/c1-15-7-6-12-23(14-15)20(24)16-8-5-9-17(13-16)27(25,26)22(2)19-11-4-3-10-18(19)21/h3-5,8-11,13,15H,6-7,12,14H2,1-2H3/t15-/m0/s1. The minimum atomic E-state index is -3.99. The second-order valence-corrected chi connectivity index (χ2v) is 8.92. The summed E-state index contributed by atoms with van der Waals surface area (Å²) in [6.07, 6.45) is 2.03. The average molecular weight is 390 g/mol. The van der Waals surface area contributed by atoms with Crippen molar-refractivity contribution >= 4 is 21.6 Å². The molecule has 0 saturated carbocycles. The van der Waals surface area contributed by atoms with E-state index in [0.29, 0.717) is 24.6 Å². The zero-order valence-corrected chi connectivity index (χ0v) is 16.2. The molecule has 0 bridgehead atoms. The fourth-order valence-electron chi connectivity index (χ4n) is 3.34. The molecule has 2 aromatic rings. The van der Waals surface area contributed by atoms with Crippen LogP contribution in [0.25, 0.3) is 0 Å². The molecule has 0 unspecified atom stereocenters. The van der Waals surface area contributed by atoms with Gasteiger partial charge < -0.3 is 4.90 Å². The maximum absolute atomic E-state index is 14.0. The van der Waals surface area contributed by atoms with Crippen LogP contribution in [0.1, 0.15) is 30.1 Å². The molecule has 2 aromatic carbocycles. The Morgan fingerprint density at radius 2 is 1.93 bits per heavy atom. The van der Waals surface area contributed by atoms with Gasteiger partial charge in [-0.2, -0.15) is 0 Å². The molecule has 1 heterocycles.